The second kappa shape index (κ2) is 6.07. The van der Waals surface area contributed by atoms with Crippen LogP contribution in [-0.4, -0.2) is 31.2 Å². The summed E-state index contributed by atoms with van der Waals surface area (Å²) in [5.74, 6) is 1.06. The molecule has 3 rings (SSSR count). The number of fused-ring (bicyclic) bond motifs is 1. The largest absolute Gasteiger partial charge is 0.353 e. The van der Waals surface area contributed by atoms with Gasteiger partial charge in [0, 0.05) is 31.6 Å². The van der Waals surface area contributed by atoms with Crippen molar-refractivity contribution in [3.63, 3.8) is 0 Å². The second-order valence-corrected chi connectivity index (χ2v) is 5.58. The standard InChI is InChI=1S/C14H16BrN3.ClH/c1-10-2-3-13-11(8-10)9-12(15)14(17-13)18-6-4-16-5-7-18;/h2-3,8-9,16H,4-7H2,1H3;1H. The molecule has 0 unspecified atom stereocenters. The van der Waals surface area contributed by atoms with Crippen LogP contribution in [0.1, 0.15) is 5.56 Å². The molecule has 0 saturated carbocycles. The van der Waals surface area contributed by atoms with Gasteiger partial charge in [0.2, 0.25) is 0 Å². The number of anilines is 1. The Labute approximate surface area is 127 Å². The second-order valence-electron chi connectivity index (χ2n) is 4.73. The molecule has 1 aliphatic heterocycles. The number of hydrogen-bond donors (Lipinski definition) is 1. The van der Waals surface area contributed by atoms with E-state index in [2.05, 4.69) is 57.3 Å². The summed E-state index contributed by atoms with van der Waals surface area (Å²) in [4.78, 5) is 7.12. The van der Waals surface area contributed by atoms with Gasteiger partial charge in [0.1, 0.15) is 5.82 Å². The molecule has 2 heterocycles. The van der Waals surface area contributed by atoms with Crippen LogP contribution in [0.5, 0.6) is 0 Å². The molecule has 0 amide bonds. The number of aromatic nitrogens is 1. The number of nitrogens with one attached hydrogen (secondary N) is 1. The van der Waals surface area contributed by atoms with Crippen molar-refractivity contribution in [1.82, 2.24) is 10.3 Å². The highest BCUT2D eigenvalue weighted by Gasteiger charge is 2.15. The Morgan fingerprint density at radius 1 is 1.21 bits per heavy atom. The number of halogens is 2. The normalized spacial score (nSPS) is 15.4. The van der Waals surface area contributed by atoms with Crippen molar-refractivity contribution in [3.8, 4) is 0 Å². The molecule has 0 aliphatic carbocycles. The average Bonchev–Trinajstić information content (AvgIpc) is 2.39. The molecule has 2 aromatic rings. The number of nitrogens with zero attached hydrogens (tertiary/aromatic N) is 2. The van der Waals surface area contributed by atoms with Crippen LogP contribution >= 0.6 is 28.3 Å². The molecule has 5 heteroatoms. The predicted molar refractivity (Wildman–Crippen MR) is 86.5 cm³/mol. The van der Waals surface area contributed by atoms with E-state index in [1.165, 1.54) is 10.9 Å². The summed E-state index contributed by atoms with van der Waals surface area (Å²) in [6.45, 7) is 6.20. The summed E-state index contributed by atoms with van der Waals surface area (Å²) in [7, 11) is 0. The third kappa shape index (κ3) is 3.02. The summed E-state index contributed by atoms with van der Waals surface area (Å²) < 4.78 is 1.09. The fourth-order valence-electron chi connectivity index (χ4n) is 2.36. The molecule has 3 nitrogen and oxygen atoms in total. The molecule has 19 heavy (non-hydrogen) atoms. The van der Waals surface area contributed by atoms with E-state index in [9.17, 15) is 0 Å². The number of hydrogen-bond acceptors (Lipinski definition) is 3. The zero-order chi connectivity index (χ0) is 12.5. The Kier molecular flexibility index (Phi) is 4.66. The lowest BCUT2D eigenvalue weighted by molar-refractivity contribution is 0.585. The molecule has 1 aromatic heterocycles. The van der Waals surface area contributed by atoms with Crippen molar-refractivity contribution in [2.75, 3.05) is 31.1 Å². The summed E-state index contributed by atoms with van der Waals surface area (Å²) in [6, 6.07) is 8.56. The Hall–Kier alpha value is -0.840. The van der Waals surface area contributed by atoms with Crippen molar-refractivity contribution in [2.24, 2.45) is 0 Å². The molecular weight excluding hydrogens is 326 g/mol. The van der Waals surface area contributed by atoms with E-state index in [0.717, 1.165) is 42.0 Å². The maximum Gasteiger partial charge on any atom is 0.143 e. The van der Waals surface area contributed by atoms with Gasteiger partial charge in [0.15, 0.2) is 0 Å². The summed E-state index contributed by atoms with van der Waals surface area (Å²) in [5.41, 5.74) is 2.34. The van der Waals surface area contributed by atoms with Crippen LogP contribution in [0.15, 0.2) is 28.7 Å². The smallest absolute Gasteiger partial charge is 0.143 e. The number of rotatable bonds is 1. The van der Waals surface area contributed by atoms with Crippen molar-refractivity contribution in [1.29, 1.82) is 0 Å². The van der Waals surface area contributed by atoms with Crippen LogP contribution in [0.4, 0.5) is 5.82 Å². The maximum atomic E-state index is 4.79. The Morgan fingerprint density at radius 3 is 2.68 bits per heavy atom. The van der Waals surface area contributed by atoms with Gasteiger partial charge >= 0.3 is 0 Å². The van der Waals surface area contributed by atoms with Crippen LogP contribution < -0.4 is 10.2 Å². The van der Waals surface area contributed by atoms with Crippen molar-refractivity contribution in [3.05, 3.63) is 34.3 Å². The van der Waals surface area contributed by atoms with Crippen molar-refractivity contribution >= 4 is 45.1 Å². The minimum atomic E-state index is 0. The van der Waals surface area contributed by atoms with Crippen LogP contribution in [0.2, 0.25) is 0 Å². The van der Waals surface area contributed by atoms with Crippen LogP contribution in [-0.2, 0) is 0 Å². The van der Waals surface area contributed by atoms with Gasteiger partial charge in [-0.3, -0.25) is 0 Å². The summed E-state index contributed by atoms with van der Waals surface area (Å²) in [5, 5.41) is 4.56. The van der Waals surface area contributed by atoms with Gasteiger partial charge < -0.3 is 10.2 Å². The Balaban J connectivity index is 0.00000133. The predicted octanol–water partition coefficient (Wildman–Crippen LogP) is 3.14. The van der Waals surface area contributed by atoms with Crippen LogP contribution in [0, 0.1) is 6.92 Å². The zero-order valence-corrected chi connectivity index (χ0v) is 13.2. The van der Waals surface area contributed by atoms with Gasteiger partial charge in [-0.15, -0.1) is 12.4 Å². The first kappa shape index (κ1) is 14.6. The van der Waals surface area contributed by atoms with Crippen molar-refractivity contribution in [2.45, 2.75) is 6.92 Å². The first-order chi connectivity index (χ1) is 8.74. The van der Waals surface area contributed by atoms with Crippen molar-refractivity contribution < 1.29 is 0 Å². The molecule has 0 bridgehead atoms. The van der Waals surface area contributed by atoms with E-state index in [1.54, 1.807) is 0 Å². The van der Waals surface area contributed by atoms with Gasteiger partial charge in [-0.25, -0.2) is 4.98 Å². The Morgan fingerprint density at radius 2 is 1.95 bits per heavy atom. The van der Waals surface area contributed by atoms with E-state index >= 15 is 0 Å². The lowest BCUT2D eigenvalue weighted by atomic mass is 10.1. The fourth-order valence-corrected chi connectivity index (χ4v) is 2.94. The van der Waals surface area contributed by atoms with Gasteiger partial charge in [-0.2, -0.15) is 0 Å². The highest BCUT2D eigenvalue weighted by Crippen LogP contribution is 2.28. The molecule has 1 N–H and O–H groups in total. The molecule has 1 aliphatic rings. The van der Waals surface area contributed by atoms with Gasteiger partial charge in [-0.1, -0.05) is 11.6 Å². The number of benzene rings is 1. The summed E-state index contributed by atoms with van der Waals surface area (Å²) in [6.07, 6.45) is 0. The third-order valence-corrected chi connectivity index (χ3v) is 3.91. The van der Waals surface area contributed by atoms with Gasteiger partial charge in [0.25, 0.3) is 0 Å². The molecule has 1 aromatic carbocycles. The Bertz CT molecular complexity index is 582. The van der Waals surface area contributed by atoms with E-state index in [0.29, 0.717) is 0 Å². The lowest BCUT2D eigenvalue weighted by Gasteiger charge is -2.29. The highest BCUT2D eigenvalue weighted by atomic mass is 79.9. The third-order valence-electron chi connectivity index (χ3n) is 3.32. The quantitative estimate of drug-likeness (QED) is 0.863. The lowest BCUT2D eigenvalue weighted by Crippen LogP contribution is -2.44. The van der Waals surface area contributed by atoms with Crippen LogP contribution in [0.3, 0.4) is 0 Å². The van der Waals surface area contributed by atoms with Gasteiger partial charge in [0.05, 0.1) is 9.99 Å². The molecule has 1 saturated heterocycles. The number of piperazine rings is 1. The average molecular weight is 343 g/mol. The van der Waals surface area contributed by atoms with E-state index < -0.39 is 0 Å². The fraction of sp³-hybridized carbons (Fsp3) is 0.357. The highest BCUT2D eigenvalue weighted by molar-refractivity contribution is 9.10. The molecule has 102 valence electrons. The van der Waals surface area contributed by atoms with E-state index in [-0.39, 0.29) is 12.4 Å². The molecule has 1 fully saturated rings. The first-order valence-electron chi connectivity index (χ1n) is 6.26. The topological polar surface area (TPSA) is 28.2 Å². The molecular formula is C14H17BrClN3. The maximum absolute atomic E-state index is 4.79. The minimum Gasteiger partial charge on any atom is -0.353 e. The van der Waals surface area contributed by atoms with Crippen LogP contribution in [0.25, 0.3) is 10.9 Å². The van der Waals surface area contributed by atoms with E-state index in [4.69, 9.17) is 4.98 Å². The minimum absolute atomic E-state index is 0. The summed E-state index contributed by atoms with van der Waals surface area (Å²) >= 11 is 3.65. The monoisotopic (exact) mass is 341 g/mol. The van der Waals surface area contributed by atoms with Gasteiger partial charge in [-0.05, 0) is 41.1 Å². The SMILES string of the molecule is Cc1ccc2nc(N3CCNCC3)c(Br)cc2c1.Cl. The number of aryl methyl sites for hydroxylation is 1. The zero-order valence-electron chi connectivity index (χ0n) is 10.8. The first-order valence-corrected chi connectivity index (χ1v) is 7.06. The number of pyridine rings is 1. The van der Waals surface area contributed by atoms with E-state index in [1.807, 2.05) is 0 Å². The molecule has 0 atom stereocenters. The molecule has 0 radical (unpaired) electrons. The molecule has 0 spiro atoms.